The van der Waals surface area contributed by atoms with Gasteiger partial charge in [0.1, 0.15) is 5.76 Å². The van der Waals surface area contributed by atoms with Crippen molar-refractivity contribution in [3.8, 4) is 0 Å². The third-order valence-corrected chi connectivity index (χ3v) is 2.79. The van der Waals surface area contributed by atoms with Crippen LogP contribution in [0, 0.1) is 13.8 Å². The Labute approximate surface area is 94.4 Å². The molecule has 0 radical (unpaired) electrons. The summed E-state index contributed by atoms with van der Waals surface area (Å²) in [5, 5.41) is 13.7. The van der Waals surface area contributed by atoms with Crippen LogP contribution in [-0.2, 0) is 14.9 Å². The summed E-state index contributed by atoms with van der Waals surface area (Å²) in [5.74, 6) is -0.0598. The average Bonchev–Trinajstić information content (AvgIpc) is 2.56. The SMILES string of the molecule is COC(=O)C(O)C(C)(C)c1c(C)noc1C. The lowest BCUT2D eigenvalue weighted by Crippen LogP contribution is -2.41. The molecule has 0 fully saturated rings. The number of aryl methyl sites for hydroxylation is 2. The summed E-state index contributed by atoms with van der Waals surface area (Å²) in [5.41, 5.74) is 0.622. The normalized spacial score (nSPS) is 13.6. The Hall–Kier alpha value is -1.36. The van der Waals surface area contributed by atoms with Gasteiger partial charge >= 0.3 is 5.97 Å². The number of carbonyl (C=O) groups is 1. The van der Waals surface area contributed by atoms with Gasteiger partial charge in [0.15, 0.2) is 6.10 Å². The minimum atomic E-state index is -1.24. The highest BCUT2D eigenvalue weighted by Gasteiger charge is 2.39. The predicted octanol–water partition coefficient (Wildman–Crippen LogP) is 1.10. The highest BCUT2D eigenvalue weighted by atomic mass is 16.5. The first-order valence-corrected chi connectivity index (χ1v) is 5.01. The Morgan fingerprint density at radius 2 is 2.06 bits per heavy atom. The highest BCUT2D eigenvalue weighted by molar-refractivity contribution is 5.76. The number of esters is 1. The second-order valence-corrected chi connectivity index (χ2v) is 4.35. The number of hydrogen-bond donors (Lipinski definition) is 1. The van der Waals surface area contributed by atoms with Crippen molar-refractivity contribution in [2.45, 2.75) is 39.2 Å². The molecule has 0 aliphatic carbocycles. The number of carbonyl (C=O) groups excluding carboxylic acids is 1. The standard InChI is InChI=1S/C11H17NO4/c1-6-8(7(2)16-12-6)11(3,4)9(13)10(14)15-5/h9,13H,1-5H3. The van der Waals surface area contributed by atoms with E-state index in [1.165, 1.54) is 7.11 Å². The molecule has 0 saturated carbocycles. The fraction of sp³-hybridized carbons (Fsp3) is 0.636. The van der Waals surface area contributed by atoms with Crippen LogP contribution in [0.25, 0.3) is 0 Å². The molecule has 90 valence electrons. The third kappa shape index (κ3) is 1.95. The van der Waals surface area contributed by atoms with Crippen LogP contribution in [0.5, 0.6) is 0 Å². The van der Waals surface area contributed by atoms with Crippen molar-refractivity contribution in [1.29, 1.82) is 0 Å². The number of methoxy groups -OCH3 is 1. The smallest absolute Gasteiger partial charge is 0.335 e. The van der Waals surface area contributed by atoms with E-state index in [0.717, 1.165) is 5.56 Å². The molecule has 0 amide bonds. The summed E-state index contributed by atoms with van der Waals surface area (Å²) in [7, 11) is 1.25. The van der Waals surface area contributed by atoms with Gasteiger partial charge in [-0.2, -0.15) is 0 Å². The van der Waals surface area contributed by atoms with Gasteiger partial charge in [0.05, 0.1) is 12.8 Å². The van der Waals surface area contributed by atoms with Crippen LogP contribution in [-0.4, -0.2) is 29.4 Å². The zero-order valence-corrected chi connectivity index (χ0v) is 10.2. The van der Waals surface area contributed by atoms with Crippen LogP contribution in [0.15, 0.2) is 4.52 Å². The van der Waals surface area contributed by atoms with Gasteiger partial charge in [0.2, 0.25) is 0 Å². The molecule has 5 nitrogen and oxygen atoms in total. The molecule has 0 aliphatic rings. The van der Waals surface area contributed by atoms with Gasteiger partial charge < -0.3 is 14.4 Å². The summed E-state index contributed by atoms with van der Waals surface area (Å²) in [6.45, 7) is 7.03. The number of aliphatic hydroxyl groups excluding tert-OH is 1. The molecule has 0 aliphatic heterocycles. The van der Waals surface area contributed by atoms with Gasteiger partial charge in [0.25, 0.3) is 0 Å². The van der Waals surface area contributed by atoms with E-state index in [1.54, 1.807) is 27.7 Å². The molecule has 1 aromatic rings. The van der Waals surface area contributed by atoms with E-state index < -0.39 is 17.5 Å². The average molecular weight is 227 g/mol. The molecule has 1 N–H and O–H groups in total. The first-order valence-electron chi connectivity index (χ1n) is 5.01. The zero-order chi connectivity index (χ0) is 12.5. The molecule has 0 aromatic carbocycles. The van der Waals surface area contributed by atoms with Gasteiger partial charge in [-0.15, -0.1) is 0 Å². The van der Waals surface area contributed by atoms with E-state index in [0.29, 0.717) is 11.5 Å². The van der Waals surface area contributed by atoms with Gasteiger partial charge in [-0.25, -0.2) is 4.79 Å². The number of rotatable bonds is 3. The Bertz CT molecular complexity index is 375. The van der Waals surface area contributed by atoms with E-state index >= 15 is 0 Å². The van der Waals surface area contributed by atoms with Crippen molar-refractivity contribution in [1.82, 2.24) is 5.16 Å². The Balaban J connectivity index is 3.15. The van der Waals surface area contributed by atoms with Crippen LogP contribution < -0.4 is 0 Å². The predicted molar refractivity (Wildman–Crippen MR) is 57.0 cm³/mol. The first kappa shape index (κ1) is 12.7. The van der Waals surface area contributed by atoms with E-state index in [-0.39, 0.29) is 0 Å². The van der Waals surface area contributed by atoms with Crippen molar-refractivity contribution < 1.29 is 19.2 Å². The quantitative estimate of drug-likeness (QED) is 0.783. The molecular weight excluding hydrogens is 210 g/mol. The van der Waals surface area contributed by atoms with Crippen molar-refractivity contribution in [2.75, 3.05) is 7.11 Å². The largest absolute Gasteiger partial charge is 0.467 e. The lowest BCUT2D eigenvalue weighted by Gasteiger charge is -2.28. The second-order valence-electron chi connectivity index (χ2n) is 4.35. The fourth-order valence-corrected chi connectivity index (χ4v) is 1.95. The van der Waals surface area contributed by atoms with Crippen molar-refractivity contribution >= 4 is 5.97 Å². The molecule has 1 rings (SSSR count). The molecule has 0 bridgehead atoms. The van der Waals surface area contributed by atoms with Gasteiger partial charge in [-0.1, -0.05) is 19.0 Å². The van der Waals surface area contributed by atoms with Crippen molar-refractivity contribution in [2.24, 2.45) is 0 Å². The summed E-state index contributed by atoms with van der Waals surface area (Å²) < 4.78 is 9.57. The summed E-state index contributed by atoms with van der Waals surface area (Å²) in [6.07, 6.45) is -1.24. The highest BCUT2D eigenvalue weighted by Crippen LogP contribution is 2.32. The number of aliphatic hydroxyl groups is 1. The summed E-state index contributed by atoms with van der Waals surface area (Å²) in [6, 6.07) is 0. The molecule has 0 saturated heterocycles. The number of nitrogens with zero attached hydrogens (tertiary/aromatic N) is 1. The Morgan fingerprint density at radius 1 is 1.50 bits per heavy atom. The van der Waals surface area contributed by atoms with Crippen molar-refractivity contribution in [3.05, 3.63) is 17.0 Å². The maximum Gasteiger partial charge on any atom is 0.335 e. The topological polar surface area (TPSA) is 72.6 Å². The summed E-state index contributed by atoms with van der Waals surface area (Å²) in [4.78, 5) is 11.4. The molecule has 1 aromatic heterocycles. The number of hydrogen-bond acceptors (Lipinski definition) is 5. The minimum absolute atomic E-state index is 0.602. The van der Waals surface area contributed by atoms with Crippen LogP contribution in [0.2, 0.25) is 0 Å². The van der Waals surface area contributed by atoms with Gasteiger partial charge in [-0.05, 0) is 13.8 Å². The van der Waals surface area contributed by atoms with E-state index in [2.05, 4.69) is 9.89 Å². The molecule has 1 unspecified atom stereocenters. The summed E-state index contributed by atoms with van der Waals surface area (Å²) >= 11 is 0. The zero-order valence-electron chi connectivity index (χ0n) is 10.2. The molecule has 16 heavy (non-hydrogen) atoms. The third-order valence-electron chi connectivity index (χ3n) is 2.79. The monoisotopic (exact) mass is 227 g/mol. The lowest BCUT2D eigenvalue weighted by atomic mass is 9.78. The molecule has 1 atom stereocenters. The molecule has 1 heterocycles. The van der Waals surface area contributed by atoms with Crippen molar-refractivity contribution in [3.63, 3.8) is 0 Å². The maximum atomic E-state index is 11.4. The van der Waals surface area contributed by atoms with E-state index in [9.17, 15) is 9.90 Å². The number of ether oxygens (including phenoxy) is 1. The molecule has 5 heteroatoms. The first-order chi connectivity index (χ1) is 7.32. The Kier molecular flexibility index (Phi) is 3.38. The van der Waals surface area contributed by atoms with Crippen LogP contribution in [0.3, 0.4) is 0 Å². The van der Waals surface area contributed by atoms with Gasteiger partial charge in [0, 0.05) is 11.0 Å². The fourth-order valence-electron chi connectivity index (χ4n) is 1.95. The molecular formula is C11H17NO4. The second kappa shape index (κ2) is 4.25. The maximum absolute atomic E-state index is 11.4. The van der Waals surface area contributed by atoms with Crippen LogP contribution in [0.1, 0.15) is 30.9 Å². The van der Waals surface area contributed by atoms with E-state index in [4.69, 9.17) is 4.52 Å². The number of aromatic nitrogens is 1. The van der Waals surface area contributed by atoms with Crippen LogP contribution >= 0.6 is 0 Å². The lowest BCUT2D eigenvalue weighted by molar-refractivity contribution is -0.153. The Morgan fingerprint density at radius 3 is 2.44 bits per heavy atom. The van der Waals surface area contributed by atoms with Gasteiger partial charge in [-0.3, -0.25) is 0 Å². The minimum Gasteiger partial charge on any atom is -0.467 e. The van der Waals surface area contributed by atoms with Crippen LogP contribution in [0.4, 0.5) is 0 Å². The molecule has 0 spiro atoms. The van der Waals surface area contributed by atoms with E-state index in [1.807, 2.05) is 0 Å².